The van der Waals surface area contributed by atoms with Gasteiger partial charge in [0.25, 0.3) is 0 Å². The van der Waals surface area contributed by atoms with Crippen molar-refractivity contribution in [1.29, 1.82) is 0 Å². The number of carbonyl (C=O) groups is 1. The Balaban J connectivity index is 1.28. The molecule has 8 nitrogen and oxygen atoms in total. The Hall–Kier alpha value is -2.87. The van der Waals surface area contributed by atoms with E-state index in [-0.39, 0.29) is 11.3 Å². The Morgan fingerprint density at radius 3 is 2.53 bits per heavy atom. The topological polar surface area (TPSA) is 76.6 Å². The largest absolute Gasteiger partial charge is 0.369 e. The first-order valence-corrected chi connectivity index (χ1v) is 11.7. The summed E-state index contributed by atoms with van der Waals surface area (Å²) in [5.41, 5.74) is 3.12. The minimum absolute atomic E-state index is 0.164. The lowest BCUT2D eigenvalue weighted by Gasteiger charge is -2.38. The van der Waals surface area contributed by atoms with Crippen molar-refractivity contribution < 1.29 is 4.79 Å². The number of aryl methyl sites for hydroxylation is 1. The third-order valence-corrected chi connectivity index (χ3v) is 7.31. The van der Waals surface area contributed by atoms with E-state index >= 15 is 0 Å². The van der Waals surface area contributed by atoms with Crippen molar-refractivity contribution in [3.63, 3.8) is 0 Å². The molecule has 3 aliphatic heterocycles. The molecule has 1 aromatic carbocycles. The third-order valence-electron chi connectivity index (χ3n) is 7.31. The van der Waals surface area contributed by atoms with Crippen molar-refractivity contribution in [3.05, 3.63) is 36.0 Å². The van der Waals surface area contributed by atoms with Gasteiger partial charge in [-0.2, -0.15) is 4.98 Å². The summed E-state index contributed by atoms with van der Waals surface area (Å²) in [4.78, 5) is 28.8. The van der Waals surface area contributed by atoms with E-state index in [1.807, 2.05) is 6.20 Å². The number of piperidine rings is 1. The van der Waals surface area contributed by atoms with Crippen LogP contribution in [0.25, 0.3) is 0 Å². The highest BCUT2D eigenvalue weighted by Gasteiger charge is 2.44. The Morgan fingerprint density at radius 1 is 1.03 bits per heavy atom. The average molecular weight is 436 g/mol. The first-order chi connectivity index (χ1) is 15.5. The zero-order valence-corrected chi connectivity index (χ0v) is 19.1. The lowest BCUT2D eigenvalue weighted by atomic mass is 9.77. The van der Waals surface area contributed by atoms with Crippen LogP contribution in [0, 0.1) is 12.3 Å². The predicted molar refractivity (Wildman–Crippen MR) is 128 cm³/mol. The molecule has 170 valence electrons. The van der Waals surface area contributed by atoms with E-state index in [1.54, 1.807) is 0 Å². The molecule has 3 saturated heterocycles. The van der Waals surface area contributed by atoms with Crippen molar-refractivity contribution in [3.8, 4) is 0 Å². The van der Waals surface area contributed by atoms with Crippen molar-refractivity contribution in [2.45, 2.75) is 26.2 Å². The molecule has 5 rings (SSSR count). The number of likely N-dealkylation sites (N-methyl/N-ethyl adjacent to an activating group) is 1. The normalized spacial score (nSPS) is 21.1. The molecule has 3 fully saturated rings. The van der Waals surface area contributed by atoms with Crippen LogP contribution in [0.2, 0.25) is 0 Å². The van der Waals surface area contributed by atoms with Crippen LogP contribution in [0.1, 0.15) is 24.8 Å². The van der Waals surface area contributed by atoms with Gasteiger partial charge in [-0.15, -0.1) is 0 Å². The zero-order chi connectivity index (χ0) is 22.1. The molecule has 2 N–H and O–H groups in total. The first kappa shape index (κ1) is 21.0. The summed E-state index contributed by atoms with van der Waals surface area (Å²) in [6, 6.07) is 8.49. The minimum Gasteiger partial charge on any atom is -0.369 e. The van der Waals surface area contributed by atoms with Crippen LogP contribution in [-0.2, 0) is 4.79 Å². The smallest absolute Gasteiger partial charge is 0.229 e. The van der Waals surface area contributed by atoms with Gasteiger partial charge < -0.3 is 25.3 Å². The molecule has 32 heavy (non-hydrogen) atoms. The molecule has 0 unspecified atom stereocenters. The monoisotopic (exact) mass is 435 g/mol. The van der Waals surface area contributed by atoms with E-state index < -0.39 is 0 Å². The van der Waals surface area contributed by atoms with Crippen molar-refractivity contribution in [1.82, 2.24) is 20.2 Å². The van der Waals surface area contributed by atoms with Crippen LogP contribution < -0.4 is 20.4 Å². The third kappa shape index (κ3) is 4.11. The molecular formula is C24H33N7O. The summed E-state index contributed by atoms with van der Waals surface area (Å²) in [5.74, 6) is 1.81. The van der Waals surface area contributed by atoms with Crippen LogP contribution >= 0.6 is 0 Å². The number of carbonyl (C=O) groups excluding carboxylic acids is 1. The van der Waals surface area contributed by atoms with Gasteiger partial charge in [0.1, 0.15) is 5.82 Å². The van der Waals surface area contributed by atoms with Crippen LogP contribution in [0.15, 0.2) is 30.5 Å². The van der Waals surface area contributed by atoms with Gasteiger partial charge in [-0.3, -0.25) is 4.79 Å². The second-order valence-corrected chi connectivity index (χ2v) is 9.44. The number of hydrogen-bond donors (Lipinski definition) is 2. The van der Waals surface area contributed by atoms with Crippen LogP contribution in [0.5, 0.6) is 0 Å². The number of piperazine rings is 1. The Kier molecular flexibility index (Phi) is 5.63. The molecule has 8 heteroatoms. The molecule has 0 atom stereocenters. The lowest BCUT2D eigenvalue weighted by molar-refractivity contribution is -0.128. The van der Waals surface area contributed by atoms with E-state index in [0.29, 0.717) is 5.95 Å². The number of rotatable bonds is 4. The Bertz CT molecular complexity index is 978. The predicted octanol–water partition coefficient (Wildman–Crippen LogP) is 2.39. The van der Waals surface area contributed by atoms with Gasteiger partial charge in [0.15, 0.2) is 0 Å². The molecule has 3 aliphatic rings. The number of nitrogens with one attached hydrogen (secondary N) is 2. The number of aromatic nitrogens is 2. The highest BCUT2D eigenvalue weighted by atomic mass is 16.2. The number of anilines is 4. The molecule has 1 aromatic heterocycles. The molecule has 0 aliphatic carbocycles. The van der Waals surface area contributed by atoms with E-state index in [0.717, 1.165) is 82.1 Å². The zero-order valence-electron chi connectivity index (χ0n) is 19.1. The van der Waals surface area contributed by atoms with Gasteiger partial charge in [-0.05, 0) is 51.4 Å². The molecule has 0 radical (unpaired) electrons. The lowest BCUT2D eigenvalue weighted by Crippen LogP contribution is -2.44. The summed E-state index contributed by atoms with van der Waals surface area (Å²) in [7, 11) is 2.17. The second-order valence-electron chi connectivity index (χ2n) is 9.44. The molecule has 0 bridgehead atoms. The second kappa shape index (κ2) is 8.58. The van der Waals surface area contributed by atoms with Gasteiger partial charge in [0.05, 0.1) is 5.41 Å². The molecule has 4 heterocycles. The van der Waals surface area contributed by atoms with E-state index in [4.69, 9.17) is 4.98 Å². The van der Waals surface area contributed by atoms with Crippen LogP contribution in [-0.4, -0.2) is 73.6 Å². The van der Waals surface area contributed by atoms with Crippen molar-refractivity contribution in [2.24, 2.45) is 5.41 Å². The van der Waals surface area contributed by atoms with E-state index in [1.165, 1.54) is 5.69 Å². The summed E-state index contributed by atoms with van der Waals surface area (Å²) in [5, 5.41) is 6.42. The fourth-order valence-corrected chi connectivity index (χ4v) is 5.13. The number of nitrogens with zero attached hydrogens (tertiary/aromatic N) is 5. The maximum absolute atomic E-state index is 12.3. The highest BCUT2D eigenvalue weighted by molar-refractivity contribution is 5.85. The van der Waals surface area contributed by atoms with Crippen LogP contribution in [0.4, 0.5) is 23.1 Å². The number of benzene rings is 1. The summed E-state index contributed by atoms with van der Waals surface area (Å²) >= 11 is 0. The van der Waals surface area contributed by atoms with E-state index in [2.05, 4.69) is 68.6 Å². The van der Waals surface area contributed by atoms with Crippen molar-refractivity contribution in [2.75, 3.05) is 68.0 Å². The number of amides is 1. The standard InChI is InChI=1S/C24H33N7O/c1-18-17-26-23(27-19-4-3-5-20(16-19)30-14-12-29(2)13-15-30)28-21(18)31-10-7-24(8-11-31)6-9-25-22(24)32/h3-5,16-17H,6-15H2,1-2H3,(H,25,32)(H,26,27,28). The first-order valence-electron chi connectivity index (χ1n) is 11.7. The van der Waals surface area contributed by atoms with Crippen molar-refractivity contribution >= 4 is 29.0 Å². The van der Waals surface area contributed by atoms with Gasteiger partial charge in [0, 0.05) is 68.9 Å². The molecule has 1 amide bonds. The minimum atomic E-state index is -0.164. The summed E-state index contributed by atoms with van der Waals surface area (Å²) < 4.78 is 0. The summed E-state index contributed by atoms with van der Waals surface area (Å²) in [6.07, 6.45) is 4.62. The maximum Gasteiger partial charge on any atom is 0.229 e. The van der Waals surface area contributed by atoms with Gasteiger partial charge >= 0.3 is 0 Å². The summed E-state index contributed by atoms with van der Waals surface area (Å²) in [6.45, 7) is 8.82. The Labute approximate surface area is 190 Å². The molecule has 0 saturated carbocycles. The van der Waals surface area contributed by atoms with Gasteiger partial charge in [-0.25, -0.2) is 4.98 Å². The maximum atomic E-state index is 12.3. The van der Waals surface area contributed by atoms with Gasteiger partial charge in [0.2, 0.25) is 11.9 Å². The molecule has 2 aromatic rings. The van der Waals surface area contributed by atoms with Crippen LogP contribution in [0.3, 0.4) is 0 Å². The molecular weight excluding hydrogens is 402 g/mol. The fraction of sp³-hybridized carbons (Fsp3) is 0.542. The quantitative estimate of drug-likeness (QED) is 0.764. The van der Waals surface area contributed by atoms with E-state index in [9.17, 15) is 4.79 Å². The SMILES string of the molecule is Cc1cnc(Nc2cccc(N3CCN(C)CC3)c2)nc1N1CCC2(CCNC2=O)CC1. The Morgan fingerprint density at radius 2 is 1.81 bits per heavy atom. The van der Waals surface area contributed by atoms with Gasteiger partial charge in [-0.1, -0.05) is 6.07 Å². The average Bonchev–Trinajstić information content (AvgIpc) is 3.16. The highest BCUT2D eigenvalue weighted by Crippen LogP contribution is 2.39. The fourth-order valence-electron chi connectivity index (χ4n) is 5.13. The molecule has 1 spiro atoms. The number of hydrogen-bond acceptors (Lipinski definition) is 7.